The highest BCUT2D eigenvalue weighted by atomic mass is 35.5. The maximum atomic E-state index is 13.0. The summed E-state index contributed by atoms with van der Waals surface area (Å²) in [5.74, 6) is 0.414. The van der Waals surface area contributed by atoms with Gasteiger partial charge in [-0.05, 0) is 63.3 Å². The second-order valence-electron chi connectivity index (χ2n) is 6.86. The molecular formula is C20H25ClN4O. The zero-order valence-electron chi connectivity index (χ0n) is 15.6. The summed E-state index contributed by atoms with van der Waals surface area (Å²) < 4.78 is 0. The first-order chi connectivity index (χ1) is 12.5. The van der Waals surface area contributed by atoms with Crippen LogP contribution < -0.4 is 5.32 Å². The second kappa shape index (κ2) is 8.04. The maximum absolute atomic E-state index is 13.0. The fourth-order valence-corrected chi connectivity index (χ4v) is 3.59. The van der Waals surface area contributed by atoms with E-state index in [2.05, 4.69) is 22.2 Å². The first-order valence-corrected chi connectivity index (χ1v) is 9.55. The summed E-state index contributed by atoms with van der Waals surface area (Å²) in [6.07, 6.45) is 4.28. The molecule has 1 N–H and O–H groups in total. The van der Waals surface area contributed by atoms with Gasteiger partial charge < -0.3 is 10.2 Å². The van der Waals surface area contributed by atoms with Crippen molar-refractivity contribution in [2.45, 2.75) is 52.5 Å². The minimum Gasteiger partial charge on any atom is -0.334 e. The first-order valence-electron chi connectivity index (χ1n) is 9.17. The minimum absolute atomic E-state index is 0.00656. The number of rotatable bonds is 4. The highest BCUT2D eigenvalue weighted by Crippen LogP contribution is 2.24. The summed E-state index contributed by atoms with van der Waals surface area (Å²) in [6, 6.07) is 7.68. The molecule has 3 rings (SSSR count). The molecule has 0 saturated carbocycles. The number of aryl methyl sites for hydroxylation is 2. The van der Waals surface area contributed by atoms with E-state index in [1.807, 2.05) is 36.9 Å². The predicted molar refractivity (Wildman–Crippen MR) is 105 cm³/mol. The molecule has 0 radical (unpaired) electrons. The van der Waals surface area contributed by atoms with Gasteiger partial charge in [0.1, 0.15) is 5.69 Å². The molecule has 0 aliphatic carbocycles. The van der Waals surface area contributed by atoms with Crippen molar-refractivity contribution in [3.63, 3.8) is 0 Å². The molecule has 138 valence electrons. The average Bonchev–Trinajstić information content (AvgIpc) is 2.63. The number of hydrogen-bond acceptors (Lipinski definition) is 4. The van der Waals surface area contributed by atoms with Crippen molar-refractivity contribution < 1.29 is 4.79 Å². The van der Waals surface area contributed by atoms with Crippen LogP contribution in [0.25, 0.3) is 0 Å². The first kappa shape index (κ1) is 18.6. The van der Waals surface area contributed by atoms with Crippen LogP contribution in [0.5, 0.6) is 0 Å². The Balaban J connectivity index is 1.87. The van der Waals surface area contributed by atoms with Crippen LogP contribution in [-0.4, -0.2) is 33.4 Å². The largest absolute Gasteiger partial charge is 0.334 e. The van der Waals surface area contributed by atoms with Crippen LogP contribution in [0, 0.1) is 13.8 Å². The number of anilines is 2. The van der Waals surface area contributed by atoms with Crippen molar-refractivity contribution in [3.05, 3.63) is 46.2 Å². The van der Waals surface area contributed by atoms with Gasteiger partial charge in [-0.2, -0.15) is 0 Å². The van der Waals surface area contributed by atoms with Crippen LogP contribution >= 0.6 is 11.6 Å². The number of carbonyl (C=O) groups is 1. The zero-order chi connectivity index (χ0) is 18.7. The highest BCUT2D eigenvalue weighted by molar-refractivity contribution is 6.30. The van der Waals surface area contributed by atoms with E-state index < -0.39 is 0 Å². The second-order valence-corrected chi connectivity index (χ2v) is 7.30. The van der Waals surface area contributed by atoms with E-state index in [0.717, 1.165) is 42.8 Å². The Morgan fingerprint density at radius 1 is 1.27 bits per heavy atom. The van der Waals surface area contributed by atoms with Crippen molar-refractivity contribution in [1.29, 1.82) is 0 Å². The van der Waals surface area contributed by atoms with E-state index in [9.17, 15) is 4.79 Å². The van der Waals surface area contributed by atoms with Gasteiger partial charge in [-0.1, -0.05) is 24.6 Å². The fraction of sp³-hybridized carbons (Fsp3) is 0.450. The van der Waals surface area contributed by atoms with Crippen molar-refractivity contribution in [1.82, 2.24) is 14.9 Å². The molecule has 0 bridgehead atoms. The van der Waals surface area contributed by atoms with E-state index in [1.165, 1.54) is 6.42 Å². The number of amides is 1. The lowest BCUT2D eigenvalue weighted by Crippen LogP contribution is -2.43. The molecule has 1 amide bonds. The lowest BCUT2D eigenvalue weighted by Gasteiger charge is -2.35. The Morgan fingerprint density at radius 3 is 2.85 bits per heavy atom. The molecule has 1 saturated heterocycles. The van der Waals surface area contributed by atoms with E-state index in [1.54, 1.807) is 6.07 Å². The molecule has 1 fully saturated rings. The Kier molecular flexibility index (Phi) is 5.77. The number of hydrogen-bond donors (Lipinski definition) is 1. The third kappa shape index (κ3) is 4.15. The Labute approximate surface area is 159 Å². The van der Waals surface area contributed by atoms with Crippen molar-refractivity contribution in [3.8, 4) is 0 Å². The number of benzene rings is 1. The molecule has 1 atom stereocenters. The summed E-state index contributed by atoms with van der Waals surface area (Å²) in [5.41, 5.74) is 3.08. The number of piperidine rings is 1. The zero-order valence-corrected chi connectivity index (χ0v) is 16.3. The normalized spacial score (nSPS) is 17.2. The van der Waals surface area contributed by atoms with Gasteiger partial charge in [0, 0.05) is 29.0 Å². The lowest BCUT2D eigenvalue weighted by atomic mass is 9.99. The summed E-state index contributed by atoms with van der Waals surface area (Å²) in [5, 5.41) is 3.84. The van der Waals surface area contributed by atoms with E-state index in [0.29, 0.717) is 22.7 Å². The molecule has 1 aromatic carbocycles. The molecule has 2 heterocycles. The Hall–Kier alpha value is -2.14. The van der Waals surface area contributed by atoms with Crippen LogP contribution in [0.15, 0.2) is 24.3 Å². The average molecular weight is 373 g/mol. The number of halogens is 1. The van der Waals surface area contributed by atoms with Gasteiger partial charge in [0.2, 0.25) is 5.95 Å². The van der Waals surface area contributed by atoms with Crippen LogP contribution in [-0.2, 0) is 0 Å². The number of likely N-dealkylation sites (tertiary alicyclic amines) is 1. The van der Waals surface area contributed by atoms with Gasteiger partial charge >= 0.3 is 0 Å². The predicted octanol–water partition coefficient (Wildman–Crippen LogP) is 4.90. The topological polar surface area (TPSA) is 58.1 Å². The van der Waals surface area contributed by atoms with E-state index in [4.69, 9.17) is 11.6 Å². The van der Waals surface area contributed by atoms with Crippen LogP contribution in [0.2, 0.25) is 5.02 Å². The standard InChI is InChI=1S/C20H25ClN4O/c1-4-16-7-5-6-10-25(16)19(26)18-11-14(3)22-20(24-18)23-17-12-15(21)9-8-13(17)2/h8-9,11-12,16H,4-7,10H2,1-3H3,(H,22,23,24). The minimum atomic E-state index is -0.00656. The smallest absolute Gasteiger partial charge is 0.272 e. The fourth-order valence-electron chi connectivity index (χ4n) is 3.42. The summed E-state index contributed by atoms with van der Waals surface area (Å²) in [6.45, 7) is 6.80. The monoisotopic (exact) mass is 372 g/mol. The van der Waals surface area contributed by atoms with Crippen molar-refractivity contribution in [2.75, 3.05) is 11.9 Å². The van der Waals surface area contributed by atoms with Gasteiger partial charge in [-0.25, -0.2) is 9.97 Å². The van der Waals surface area contributed by atoms with E-state index >= 15 is 0 Å². The summed E-state index contributed by atoms with van der Waals surface area (Å²) >= 11 is 6.09. The Bertz CT molecular complexity index is 808. The highest BCUT2D eigenvalue weighted by Gasteiger charge is 2.27. The van der Waals surface area contributed by atoms with Gasteiger partial charge in [-0.15, -0.1) is 0 Å². The quantitative estimate of drug-likeness (QED) is 0.829. The molecule has 1 aromatic heterocycles. The van der Waals surface area contributed by atoms with Crippen LogP contribution in [0.3, 0.4) is 0 Å². The Morgan fingerprint density at radius 2 is 2.08 bits per heavy atom. The molecule has 0 spiro atoms. The van der Waals surface area contributed by atoms with Crippen LogP contribution in [0.4, 0.5) is 11.6 Å². The van der Waals surface area contributed by atoms with Gasteiger partial charge in [0.15, 0.2) is 0 Å². The number of carbonyl (C=O) groups excluding carboxylic acids is 1. The summed E-state index contributed by atoms with van der Waals surface area (Å²) in [4.78, 5) is 23.9. The molecule has 1 unspecified atom stereocenters. The third-order valence-corrected chi connectivity index (χ3v) is 5.11. The van der Waals surface area contributed by atoms with Crippen molar-refractivity contribution in [2.24, 2.45) is 0 Å². The van der Waals surface area contributed by atoms with Gasteiger partial charge in [0.25, 0.3) is 5.91 Å². The molecular weight excluding hydrogens is 348 g/mol. The molecule has 26 heavy (non-hydrogen) atoms. The lowest BCUT2D eigenvalue weighted by molar-refractivity contribution is 0.0602. The molecule has 1 aliphatic heterocycles. The molecule has 6 heteroatoms. The number of nitrogens with zero attached hydrogens (tertiary/aromatic N) is 3. The van der Waals surface area contributed by atoms with Gasteiger partial charge in [-0.3, -0.25) is 4.79 Å². The molecule has 5 nitrogen and oxygen atoms in total. The van der Waals surface area contributed by atoms with Crippen LogP contribution in [0.1, 0.15) is 54.4 Å². The SMILES string of the molecule is CCC1CCCCN1C(=O)c1cc(C)nc(Nc2cc(Cl)ccc2C)n1. The van der Waals surface area contributed by atoms with E-state index in [-0.39, 0.29) is 5.91 Å². The van der Waals surface area contributed by atoms with Crippen molar-refractivity contribution >= 4 is 29.1 Å². The number of aromatic nitrogens is 2. The molecule has 1 aliphatic rings. The number of nitrogens with one attached hydrogen (secondary N) is 1. The maximum Gasteiger partial charge on any atom is 0.272 e. The molecule has 2 aromatic rings. The summed E-state index contributed by atoms with van der Waals surface area (Å²) in [7, 11) is 0. The third-order valence-electron chi connectivity index (χ3n) is 4.88. The van der Waals surface area contributed by atoms with Gasteiger partial charge in [0.05, 0.1) is 0 Å².